The van der Waals surface area contributed by atoms with Gasteiger partial charge in [-0.1, -0.05) is 48.5 Å². The molecule has 0 aliphatic rings. The van der Waals surface area contributed by atoms with Crippen molar-refractivity contribution in [3.8, 4) is 11.5 Å². The number of nitrogens with zero attached hydrogens (tertiary/aromatic N) is 2. The lowest BCUT2D eigenvalue weighted by molar-refractivity contribution is -0.136. The molecule has 168 valence electrons. The second-order valence-corrected chi connectivity index (χ2v) is 8.16. The summed E-state index contributed by atoms with van der Waals surface area (Å²) >= 11 is 0. The van der Waals surface area contributed by atoms with Gasteiger partial charge in [0.1, 0.15) is 11.5 Å². The number of para-hydroxylation sites is 1. The summed E-state index contributed by atoms with van der Waals surface area (Å²) in [6.07, 6.45) is 0. The molecule has 6 nitrogen and oxygen atoms in total. The van der Waals surface area contributed by atoms with Gasteiger partial charge in [0.15, 0.2) is 12.4 Å². The largest absolute Gasteiger partial charge is 0.460 e. The minimum atomic E-state index is -0.574. The number of carbonyl (C=O) groups is 2. The van der Waals surface area contributed by atoms with Crippen molar-refractivity contribution in [3.63, 3.8) is 0 Å². The van der Waals surface area contributed by atoms with E-state index in [1.165, 1.54) is 0 Å². The summed E-state index contributed by atoms with van der Waals surface area (Å²) < 4.78 is 11.2. The average molecular weight is 443 g/mol. The molecule has 0 saturated carbocycles. The first-order valence-electron chi connectivity index (χ1n) is 10.9. The predicted octanol–water partition coefficient (Wildman–Crippen LogP) is 5.40. The van der Waals surface area contributed by atoms with Gasteiger partial charge in [-0.3, -0.25) is 4.79 Å². The molecule has 0 fully saturated rings. The van der Waals surface area contributed by atoms with Crippen molar-refractivity contribution in [1.82, 2.24) is 9.88 Å². The molecule has 0 spiro atoms. The van der Waals surface area contributed by atoms with Gasteiger partial charge in [0.2, 0.25) is 0 Å². The van der Waals surface area contributed by atoms with Crippen LogP contribution in [0.15, 0.2) is 77.2 Å². The SMILES string of the molecule is Cc1ccc(-c2cc(C(=O)OCC(=O)N(Cc3ccccc3)C(C)C)c3ccccc3n2)o1. The van der Waals surface area contributed by atoms with Gasteiger partial charge in [-0.2, -0.15) is 0 Å². The Morgan fingerprint density at radius 3 is 2.42 bits per heavy atom. The summed E-state index contributed by atoms with van der Waals surface area (Å²) in [5.41, 5.74) is 2.55. The molecule has 2 aromatic carbocycles. The van der Waals surface area contributed by atoms with Crippen LogP contribution in [0.2, 0.25) is 0 Å². The number of hydrogen-bond acceptors (Lipinski definition) is 5. The Bertz CT molecular complexity index is 1280. The first-order chi connectivity index (χ1) is 15.9. The molecule has 0 N–H and O–H groups in total. The average Bonchev–Trinajstić information content (AvgIpc) is 3.26. The summed E-state index contributed by atoms with van der Waals surface area (Å²) in [4.78, 5) is 32.3. The summed E-state index contributed by atoms with van der Waals surface area (Å²) in [5.74, 6) is 0.497. The van der Waals surface area contributed by atoms with E-state index in [0.29, 0.717) is 34.5 Å². The van der Waals surface area contributed by atoms with Gasteiger partial charge in [0, 0.05) is 18.0 Å². The van der Waals surface area contributed by atoms with Crippen LogP contribution in [-0.2, 0) is 16.1 Å². The number of amides is 1. The number of rotatable bonds is 7. The first kappa shape index (κ1) is 22.3. The maximum Gasteiger partial charge on any atom is 0.339 e. The lowest BCUT2D eigenvalue weighted by Crippen LogP contribution is -2.39. The number of benzene rings is 2. The van der Waals surface area contributed by atoms with Gasteiger partial charge in [-0.05, 0) is 50.6 Å². The molecule has 0 bridgehead atoms. The zero-order valence-corrected chi connectivity index (χ0v) is 18.9. The lowest BCUT2D eigenvalue weighted by Gasteiger charge is -2.26. The van der Waals surface area contributed by atoms with Crippen molar-refractivity contribution >= 4 is 22.8 Å². The third-order valence-electron chi connectivity index (χ3n) is 5.40. The molecule has 2 heterocycles. The zero-order valence-electron chi connectivity index (χ0n) is 18.9. The fourth-order valence-electron chi connectivity index (χ4n) is 3.67. The van der Waals surface area contributed by atoms with Gasteiger partial charge in [0.25, 0.3) is 5.91 Å². The third kappa shape index (κ3) is 5.12. The molecule has 0 aliphatic heterocycles. The van der Waals surface area contributed by atoms with E-state index in [1.807, 2.05) is 87.5 Å². The summed E-state index contributed by atoms with van der Waals surface area (Å²) in [6.45, 7) is 5.85. The van der Waals surface area contributed by atoms with Crippen LogP contribution in [-0.4, -0.2) is 34.4 Å². The topological polar surface area (TPSA) is 72.6 Å². The summed E-state index contributed by atoms with van der Waals surface area (Å²) in [7, 11) is 0. The van der Waals surface area contributed by atoms with Crippen molar-refractivity contribution in [2.75, 3.05) is 6.61 Å². The van der Waals surface area contributed by atoms with Crippen LogP contribution in [0.4, 0.5) is 0 Å². The molecule has 0 unspecified atom stereocenters. The van der Waals surface area contributed by atoms with Gasteiger partial charge in [-0.25, -0.2) is 9.78 Å². The van der Waals surface area contributed by atoms with E-state index in [9.17, 15) is 9.59 Å². The number of fused-ring (bicyclic) bond motifs is 1. The summed E-state index contributed by atoms with van der Waals surface area (Å²) in [5, 5.41) is 0.659. The molecule has 6 heteroatoms. The predicted molar refractivity (Wildman–Crippen MR) is 127 cm³/mol. The van der Waals surface area contributed by atoms with Crippen LogP contribution >= 0.6 is 0 Å². The first-order valence-corrected chi connectivity index (χ1v) is 10.9. The van der Waals surface area contributed by atoms with E-state index in [2.05, 4.69) is 4.98 Å². The molecular formula is C27H26N2O4. The standard InChI is InChI=1S/C27H26N2O4/c1-18(2)29(16-20-9-5-4-6-10-20)26(30)17-32-27(31)22-15-24(25-14-13-19(3)33-25)28-23-12-8-7-11-21(22)23/h4-15,18H,16-17H2,1-3H3. The van der Waals surface area contributed by atoms with Gasteiger partial charge in [0.05, 0.1) is 11.1 Å². The number of pyridine rings is 1. The Hall–Kier alpha value is -3.93. The Morgan fingerprint density at radius 2 is 1.73 bits per heavy atom. The number of aromatic nitrogens is 1. The minimum absolute atomic E-state index is 0.0352. The van der Waals surface area contributed by atoms with E-state index in [-0.39, 0.29) is 18.6 Å². The third-order valence-corrected chi connectivity index (χ3v) is 5.40. The zero-order chi connectivity index (χ0) is 23.4. The van der Waals surface area contributed by atoms with E-state index in [1.54, 1.807) is 11.0 Å². The molecule has 2 aromatic heterocycles. The van der Waals surface area contributed by atoms with Crippen molar-refractivity contribution in [1.29, 1.82) is 0 Å². The molecule has 0 atom stereocenters. The quantitative estimate of drug-likeness (QED) is 0.359. The van der Waals surface area contributed by atoms with Crippen molar-refractivity contribution < 1.29 is 18.7 Å². The molecule has 33 heavy (non-hydrogen) atoms. The highest BCUT2D eigenvalue weighted by molar-refractivity contribution is 6.05. The number of ether oxygens (including phenoxy) is 1. The maximum atomic E-state index is 13.1. The minimum Gasteiger partial charge on any atom is -0.460 e. The molecule has 4 rings (SSSR count). The second kappa shape index (κ2) is 9.69. The Balaban J connectivity index is 1.55. The number of hydrogen-bond donors (Lipinski definition) is 0. The van der Waals surface area contributed by atoms with E-state index in [4.69, 9.17) is 9.15 Å². The van der Waals surface area contributed by atoms with Crippen LogP contribution < -0.4 is 0 Å². The highest BCUT2D eigenvalue weighted by Gasteiger charge is 2.21. The van der Waals surface area contributed by atoms with Crippen molar-refractivity contribution in [2.24, 2.45) is 0 Å². The smallest absolute Gasteiger partial charge is 0.339 e. The number of carbonyl (C=O) groups excluding carboxylic acids is 2. The molecule has 1 amide bonds. The van der Waals surface area contributed by atoms with Gasteiger partial charge >= 0.3 is 5.97 Å². The Labute approximate surface area is 192 Å². The normalized spacial score (nSPS) is 11.0. The van der Waals surface area contributed by atoms with Crippen LogP contribution in [0.5, 0.6) is 0 Å². The molecule has 4 aromatic rings. The molecule has 0 saturated heterocycles. The number of esters is 1. The van der Waals surface area contributed by atoms with Gasteiger partial charge < -0.3 is 14.1 Å². The Morgan fingerprint density at radius 1 is 1.00 bits per heavy atom. The van der Waals surface area contributed by atoms with Crippen molar-refractivity contribution in [2.45, 2.75) is 33.4 Å². The fourth-order valence-corrected chi connectivity index (χ4v) is 3.67. The van der Waals surface area contributed by atoms with Crippen LogP contribution in [0.3, 0.4) is 0 Å². The monoisotopic (exact) mass is 442 g/mol. The van der Waals surface area contributed by atoms with E-state index < -0.39 is 5.97 Å². The number of aryl methyl sites for hydroxylation is 1. The van der Waals surface area contributed by atoms with Crippen LogP contribution in [0.25, 0.3) is 22.4 Å². The second-order valence-electron chi connectivity index (χ2n) is 8.16. The van der Waals surface area contributed by atoms with E-state index >= 15 is 0 Å². The highest BCUT2D eigenvalue weighted by Crippen LogP contribution is 2.26. The fraction of sp³-hybridized carbons (Fsp3) is 0.222. The van der Waals surface area contributed by atoms with Crippen LogP contribution in [0, 0.1) is 6.92 Å². The lowest BCUT2D eigenvalue weighted by atomic mass is 10.1. The molecular weight excluding hydrogens is 416 g/mol. The van der Waals surface area contributed by atoms with Gasteiger partial charge in [-0.15, -0.1) is 0 Å². The van der Waals surface area contributed by atoms with E-state index in [0.717, 1.165) is 11.3 Å². The highest BCUT2D eigenvalue weighted by atomic mass is 16.5. The number of furan rings is 1. The molecule has 0 radical (unpaired) electrons. The van der Waals surface area contributed by atoms with Crippen LogP contribution in [0.1, 0.15) is 35.5 Å². The Kier molecular flexibility index (Phi) is 6.54. The maximum absolute atomic E-state index is 13.1. The van der Waals surface area contributed by atoms with Crippen molar-refractivity contribution in [3.05, 3.63) is 89.7 Å². The molecule has 0 aliphatic carbocycles. The summed E-state index contributed by atoms with van der Waals surface area (Å²) in [6, 6.07) is 22.4.